The van der Waals surface area contributed by atoms with Gasteiger partial charge in [0.1, 0.15) is 19.3 Å². The molecule has 0 aliphatic heterocycles. The van der Waals surface area contributed by atoms with Gasteiger partial charge in [-0.1, -0.05) is 369 Å². The number of ether oxygens (including phenoxy) is 4. The second-order valence-electron chi connectivity index (χ2n) is 29.8. The lowest BCUT2D eigenvalue weighted by molar-refractivity contribution is -0.161. The van der Waals surface area contributed by atoms with Crippen LogP contribution in [0.25, 0.3) is 0 Å². The monoisotopic (exact) mass is 1450 g/mol. The van der Waals surface area contributed by atoms with E-state index in [2.05, 4.69) is 41.5 Å². The van der Waals surface area contributed by atoms with E-state index in [0.29, 0.717) is 31.6 Å². The minimum absolute atomic E-state index is 0.106. The standard InChI is InChI=1S/C80H156O17P2/c1-7-9-11-13-15-17-19-20-21-22-23-24-25-30-33-37-41-45-53-59-65-80(85)96-75(68-90-77(82)62-56-50-43-39-36-32-29-27-26-28-31-35-38-42-48-54-60-72(3)4)70-94-98(86,87)92-66-74(81)67-93-99(88,89)95-71-76(69-91-78(83)63-57-51-47-46-49-55-61-73(5)6)97-79(84)64-58-52-44-40-34-18-16-14-12-10-8-2/h72-76,81H,7-71H2,1-6H3,(H,86,87)(H,88,89)/t74-,75-,76-/m1/s1. The van der Waals surface area contributed by atoms with Crippen LogP contribution in [0, 0.1) is 11.8 Å². The Balaban J connectivity index is 5.19. The highest BCUT2D eigenvalue weighted by Gasteiger charge is 2.30. The van der Waals surface area contributed by atoms with Gasteiger partial charge in [0.2, 0.25) is 0 Å². The summed E-state index contributed by atoms with van der Waals surface area (Å²) in [4.78, 5) is 72.9. The van der Waals surface area contributed by atoms with E-state index in [4.69, 9.17) is 37.0 Å². The van der Waals surface area contributed by atoms with Gasteiger partial charge in [-0.05, 0) is 37.5 Å². The molecule has 3 N–H and O–H groups in total. The zero-order valence-corrected chi connectivity index (χ0v) is 66.6. The van der Waals surface area contributed by atoms with Crippen LogP contribution < -0.4 is 0 Å². The average Bonchev–Trinajstić information content (AvgIpc) is 0.996. The van der Waals surface area contributed by atoms with E-state index in [0.717, 1.165) is 102 Å². The van der Waals surface area contributed by atoms with Crippen LogP contribution in [0.2, 0.25) is 0 Å². The quantitative estimate of drug-likeness (QED) is 0.0222. The van der Waals surface area contributed by atoms with Crippen LogP contribution in [0.3, 0.4) is 0 Å². The van der Waals surface area contributed by atoms with E-state index in [1.165, 1.54) is 231 Å². The van der Waals surface area contributed by atoms with Gasteiger partial charge in [0.05, 0.1) is 26.4 Å². The molecule has 588 valence electrons. The number of phosphoric ester groups is 2. The summed E-state index contributed by atoms with van der Waals surface area (Å²) >= 11 is 0. The Bertz CT molecular complexity index is 1910. The molecule has 0 aromatic heterocycles. The van der Waals surface area contributed by atoms with Crippen LogP contribution in [0.15, 0.2) is 0 Å². The Morgan fingerprint density at radius 3 is 0.687 bits per heavy atom. The summed E-state index contributed by atoms with van der Waals surface area (Å²) < 4.78 is 68.6. The molecule has 0 saturated heterocycles. The SMILES string of the molecule is CCCCCCCCCCCCCCCCCCCCCCC(=O)O[C@H](COC(=O)CCCCCCCCCCCCCCCCCCC(C)C)COP(=O)(O)OC[C@@H](O)COP(=O)(O)OC[C@@H](COC(=O)CCCCCCCCC(C)C)OC(=O)CCCCCCCCCCCCC. The minimum Gasteiger partial charge on any atom is -0.462 e. The van der Waals surface area contributed by atoms with Crippen LogP contribution in [-0.4, -0.2) is 96.7 Å². The topological polar surface area (TPSA) is 237 Å². The number of carbonyl (C=O) groups is 4. The molecule has 99 heavy (non-hydrogen) atoms. The Morgan fingerprint density at radius 1 is 0.273 bits per heavy atom. The summed E-state index contributed by atoms with van der Waals surface area (Å²) in [5.74, 6) is -0.620. The number of aliphatic hydroxyl groups is 1. The predicted octanol–water partition coefficient (Wildman–Crippen LogP) is 23.9. The number of phosphoric acid groups is 2. The third-order valence-electron chi connectivity index (χ3n) is 18.7. The van der Waals surface area contributed by atoms with Crippen molar-refractivity contribution in [2.75, 3.05) is 39.6 Å². The maximum Gasteiger partial charge on any atom is 0.472 e. The van der Waals surface area contributed by atoms with Gasteiger partial charge in [-0.2, -0.15) is 0 Å². The molecule has 5 atom stereocenters. The zero-order chi connectivity index (χ0) is 72.8. The fourth-order valence-electron chi connectivity index (χ4n) is 12.4. The lowest BCUT2D eigenvalue weighted by Crippen LogP contribution is -2.30. The lowest BCUT2D eigenvalue weighted by Gasteiger charge is -2.21. The van der Waals surface area contributed by atoms with E-state index in [9.17, 15) is 43.2 Å². The van der Waals surface area contributed by atoms with Gasteiger partial charge in [-0.3, -0.25) is 37.3 Å². The zero-order valence-electron chi connectivity index (χ0n) is 64.8. The van der Waals surface area contributed by atoms with Crippen molar-refractivity contribution in [3.63, 3.8) is 0 Å². The van der Waals surface area contributed by atoms with Gasteiger partial charge in [0.15, 0.2) is 12.2 Å². The number of esters is 4. The number of unbranched alkanes of at least 4 members (excludes halogenated alkanes) is 49. The maximum absolute atomic E-state index is 13.1. The first kappa shape index (κ1) is 97.1. The molecule has 0 fully saturated rings. The first-order valence-corrected chi connectivity index (χ1v) is 44.5. The van der Waals surface area contributed by atoms with Gasteiger partial charge in [0, 0.05) is 25.7 Å². The molecule has 0 bridgehead atoms. The molecule has 0 aliphatic rings. The fourth-order valence-corrected chi connectivity index (χ4v) is 13.9. The summed E-state index contributed by atoms with van der Waals surface area (Å²) in [5, 5.41) is 10.6. The molecule has 0 spiro atoms. The van der Waals surface area contributed by atoms with Crippen LogP contribution in [0.4, 0.5) is 0 Å². The Labute approximate surface area is 607 Å². The molecule has 0 heterocycles. The van der Waals surface area contributed by atoms with Crippen molar-refractivity contribution in [2.24, 2.45) is 11.8 Å². The molecule has 0 saturated carbocycles. The van der Waals surface area contributed by atoms with Gasteiger partial charge in [-0.15, -0.1) is 0 Å². The molecule has 0 radical (unpaired) electrons. The molecule has 0 rings (SSSR count). The van der Waals surface area contributed by atoms with E-state index >= 15 is 0 Å². The van der Waals surface area contributed by atoms with E-state index in [1.54, 1.807) is 0 Å². The smallest absolute Gasteiger partial charge is 0.462 e. The molecular formula is C80H156O17P2. The van der Waals surface area contributed by atoms with Crippen molar-refractivity contribution in [3.8, 4) is 0 Å². The number of carbonyl (C=O) groups excluding carboxylic acids is 4. The van der Waals surface area contributed by atoms with Crippen molar-refractivity contribution in [3.05, 3.63) is 0 Å². The summed E-state index contributed by atoms with van der Waals surface area (Å²) in [6, 6.07) is 0. The number of rotatable bonds is 79. The van der Waals surface area contributed by atoms with Crippen molar-refractivity contribution in [1.29, 1.82) is 0 Å². The fraction of sp³-hybridized carbons (Fsp3) is 0.950. The van der Waals surface area contributed by atoms with Crippen molar-refractivity contribution >= 4 is 39.5 Å². The molecule has 17 nitrogen and oxygen atoms in total. The van der Waals surface area contributed by atoms with E-state index < -0.39 is 97.5 Å². The van der Waals surface area contributed by atoms with Crippen LogP contribution in [0.1, 0.15) is 420 Å². The predicted molar refractivity (Wildman–Crippen MR) is 405 cm³/mol. The van der Waals surface area contributed by atoms with E-state index in [-0.39, 0.29) is 25.7 Å². The summed E-state index contributed by atoms with van der Waals surface area (Å²) in [5.41, 5.74) is 0. The van der Waals surface area contributed by atoms with Crippen molar-refractivity contribution in [1.82, 2.24) is 0 Å². The van der Waals surface area contributed by atoms with Crippen LogP contribution in [-0.2, 0) is 65.4 Å². The maximum atomic E-state index is 13.1. The minimum atomic E-state index is -4.96. The number of hydrogen-bond donors (Lipinski definition) is 3. The molecule has 0 aliphatic carbocycles. The van der Waals surface area contributed by atoms with Crippen molar-refractivity contribution in [2.45, 2.75) is 439 Å². The molecule has 0 amide bonds. The Kier molecular flexibility index (Phi) is 70.3. The molecular weight excluding hydrogens is 1290 g/mol. The molecule has 2 unspecified atom stereocenters. The summed E-state index contributed by atoms with van der Waals surface area (Å²) in [6.45, 7) is 9.57. The Morgan fingerprint density at radius 2 is 0.465 bits per heavy atom. The Hall–Kier alpha value is -1.94. The average molecular weight is 1450 g/mol. The van der Waals surface area contributed by atoms with Gasteiger partial charge >= 0.3 is 39.5 Å². The molecule has 0 aromatic carbocycles. The first-order valence-electron chi connectivity index (χ1n) is 41.5. The van der Waals surface area contributed by atoms with Gasteiger partial charge in [-0.25, -0.2) is 9.13 Å². The second-order valence-corrected chi connectivity index (χ2v) is 32.7. The first-order chi connectivity index (χ1) is 47.9. The molecule has 0 aromatic rings. The molecule has 19 heteroatoms. The highest BCUT2D eigenvalue weighted by molar-refractivity contribution is 7.47. The third kappa shape index (κ3) is 74.1. The normalized spacial score (nSPS) is 13.9. The highest BCUT2D eigenvalue weighted by atomic mass is 31.2. The van der Waals surface area contributed by atoms with Crippen LogP contribution in [0.5, 0.6) is 0 Å². The van der Waals surface area contributed by atoms with Crippen molar-refractivity contribution < 1.29 is 80.2 Å². The summed E-state index contributed by atoms with van der Waals surface area (Å²) in [7, 11) is -9.91. The van der Waals surface area contributed by atoms with Crippen LogP contribution >= 0.6 is 15.6 Å². The lowest BCUT2D eigenvalue weighted by atomic mass is 10.0. The van der Waals surface area contributed by atoms with E-state index in [1.807, 2.05) is 0 Å². The summed E-state index contributed by atoms with van der Waals surface area (Å²) in [6.07, 6.45) is 61.3. The third-order valence-corrected chi connectivity index (χ3v) is 20.6. The highest BCUT2D eigenvalue weighted by Crippen LogP contribution is 2.45. The van der Waals surface area contributed by atoms with Gasteiger partial charge in [0.25, 0.3) is 0 Å². The number of hydrogen-bond acceptors (Lipinski definition) is 15. The second kappa shape index (κ2) is 71.7. The van der Waals surface area contributed by atoms with Gasteiger partial charge < -0.3 is 33.8 Å². The largest absolute Gasteiger partial charge is 0.472 e. The number of aliphatic hydroxyl groups excluding tert-OH is 1.